The van der Waals surface area contributed by atoms with Gasteiger partial charge in [-0.2, -0.15) is 0 Å². The molecule has 114 valence electrons. The zero-order chi connectivity index (χ0) is 15.3. The van der Waals surface area contributed by atoms with Crippen LogP contribution in [0.25, 0.3) is 0 Å². The number of anilines is 2. The standard InChI is InChI=1S/C15H21N3O3/c1-15(8-3-9-16-15)14(20)18-12-6-4-11(5-7-12)17-13(19)10-21-2/h4-7,16H,3,8-10H2,1-2H3,(H,17,19)(H,18,20). The molecule has 1 aromatic carbocycles. The van der Waals surface area contributed by atoms with Crippen molar-refractivity contribution in [1.29, 1.82) is 0 Å². The number of hydrogen-bond acceptors (Lipinski definition) is 4. The van der Waals surface area contributed by atoms with Crippen molar-refractivity contribution in [3.8, 4) is 0 Å². The molecule has 1 aromatic rings. The van der Waals surface area contributed by atoms with Gasteiger partial charge in [-0.1, -0.05) is 0 Å². The van der Waals surface area contributed by atoms with Crippen molar-refractivity contribution in [2.75, 3.05) is 30.9 Å². The van der Waals surface area contributed by atoms with Crippen LogP contribution in [-0.2, 0) is 14.3 Å². The smallest absolute Gasteiger partial charge is 0.250 e. The number of hydrogen-bond donors (Lipinski definition) is 3. The molecule has 1 aliphatic heterocycles. The Kier molecular flexibility index (Phi) is 4.93. The zero-order valence-electron chi connectivity index (χ0n) is 12.4. The lowest BCUT2D eigenvalue weighted by molar-refractivity contribution is -0.121. The fourth-order valence-corrected chi connectivity index (χ4v) is 2.32. The Hall–Kier alpha value is -1.92. The molecule has 0 aliphatic carbocycles. The number of benzene rings is 1. The van der Waals surface area contributed by atoms with Crippen molar-refractivity contribution < 1.29 is 14.3 Å². The molecule has 2 rings (SSSR count). The third-order valence-corrected chi connectivity index (χ3v) is 3.57. The number of rotatable bonds is 5. The number of amides is 2. The van der Waals surface area contributed by atoms with Gasteiger partial charge < -0.3 is 20.7 Å². The number of methoxy groups -OCH3 is 1. The molecule has 0 spiro atoms. The summed E-state index contributed by atoms with van der Waals surface area (Å²) in [4.78, 5) is 23.6. The predicted molar refractivity (Wildman–Crippen MR) is 81.2 cm³/mol. The van der Waals surface area contributed by atoms with Crippen molar-refractivity contribution in [2.45, 2.75) is 25.3 Å². The SMILES string of the molecule is COCC(=O)Nc1ccc(NC(=O)C2(C)CCCN2)cc1. The maximum atomic E-state index is 12.2. The van der Waals surface area contributed by atoms with Crippen LogP contribution in [0.5, 0.6) is 0 Å². The average Bonchev–Trinajstić information content (AvgIpc) is 2.89. The molecule has 0 bridgehead atoms. The van der Waals surface area contributed by atoms with E-state index in [4.69, 9.17) is 4.74 Å². The Balaban J connectivity index is 1.93. The van der Waals surface area contributed by atoms with Gasteiger partial charge in [0.2, 0.25) is 11.8 Å². The van der Waals surface area contributed by atoms with E-state index in [0.29, 0.717) is 11.4 Å². The van der Waals surface area contributed by atoms with Gasteiger partial charge in [-0.3, -0.25) is 9.59 Å². The van der Waals surface area contributed by atoms with Crippen LogP contribution in [0.3, 0.4) is 0 Å². The molecule has 1 fully saturated rings. The van der Waals surface area contributed by atoms with Crippen LogP contribution in [0.15, 0.2) is 24.3 Å². The molecule has 0 saturated carbocycles. The molecule has 1 unspecified atom stereocenters. The topological polar surface area (TPSA) is 79.5 Å². The van der Waals surface area contributed by atoms with Gasteiger partial charge in [-0.15, -0.1) is 0 Å². The molecule has 1 heterocycles. The summed E-state index contributed by atoms with van der Waals surface area (Å²) in [5.74, 6) is -0.242. The number of carbonyl (C=O) groups excluding carboxylic acids is 2. The van der Waals surface area contributed by atoms with E-state index in [1.165, 1.54) is 7.11 Å². The van der Waals surface area contributed by atoms with E-state index in [1.54, 1.807) is 24.3 Å². The highest BCUT2D eigenvalue weighted by Gasteiger charge is 2.35. The Morgan fingerprint density at radius 3 is 2.38 bits per heavy atom. The summed E-state index contributed by atoms with van der Waals surface area (Å²) < 4.78 is 4.74. The summed E-state index contributed by atoms with van der Waals surface area (Å²) >= 11 is 0. The lowest BCUT2D eigenvalue weighted by Crippen LogP contribution is -2.47. The highest BCUT2D eigenvalue weighted by Crippen LogP contribution is 2.21. The van der Waals surface area contributed by atoms with Gasteiger partial charge in [-0.25, -0.2) is 0 Å². The van der Waals surface area contributed by atoms with E-state index in [9.17, 15) is 9.59 Å². The quantitative estimate of drug-likeness (QED) is 0.765. The number of ether oxygens (including phenoxy) is 1. The average molecular weight is 291 g/mol. The normalized spacial score (nSPS) is 21.0. The molecule has 21 heavy (non-hydrogen) atoms. The van der Waals surface area contributed by atoms with Crippen LogP contribution in [0, 0.1) is 0 Å². The van der Waals surface area contributed by atoms with Crippen LogP contribution in [-0.4, -0.2) is 37.6 Å². The second kappa shape index (κ2) is 6.69. The molecule has 2 amide bonds. The minimum Gasteiger partial charge on any atom is -0.375 e. The Morgan fingerprint density at radius 2 is 1.86 bits per heavy atom. The molecule has 6 heteroatoms. The van der Waals surface area contributed by atoms with Gasteiger partial charge in [-0.05, 0) is 50.6 Å². The van der Waals surface area contributed by atoms with Crippen molar-refractivity contribution in [2.24, 2.45) is 0 Å². The van der Waals surface area contributed by atoms with Gasteiger partial charge in [0.05, 0.1) is 5.54 Å². The molecule has 0 radical (unpaired) electrons. The van der Waals surface area contributed by atoms with Crippen molar-refractivity contribution >= 4 is 23.2 Å². The van der Waals surface area contributed by atoms with Crippen molar-refractivity contribution in [1.82, 2.24) is 5.32 Å². The van der Waals surface area contributed by atoms with E-state index in [-0.39, 0.29) is 18.4 Å². The summed E-state index contributed by atoms with van der Waals surface area (Å²) in [5, 5.41) is 8.81. The zero-order valence-corrected chi connectivity index (χ0v) is 12.4. The van der Waals surface area contributed by atoms with Crippen LogP contribution in [0.2, 0.25) is 0 Å². The van der Waals surface area contributed by atoms with Gasteiger partial charge >= 0.3 is 0 Å². The van der Waals surface area contributed by atoms with E-state index in [2.05, 4.69) is 16.0 Å². The maximum absolute atomic E-state index is 12.2. The van der Waals surface area contributed by atoms with Gasteiger partial charge in [0.15, 0.2) is 0 Å². The molecule has 3 N–H and O–H groups in total. The summed E-state index contributed by atoms with van der Waals surface area (Å²) in [5.41, 5.74) is 0.880. The molecule has 6 nitrogen and oxygen atoms in total. The van der Waals surface area contributed by atoms with Crippen LogP contribution in [0.4, 0.5) is 11.4 Å². The van der Waals surface area contributed by atoms with E-state index < -0.39 is 5.54 Å². The van der Waals surface area contributed by atoms with E-state index in [1.807, 2.05) is 6.92 Å². The fourth-order valence-electron chi connectivity index (χ4n) is 2.32. The molecular formula is C15H21N3O3. The Labute approximate surface area is 124 Å². The first-order chi connectivity index (χ1) is 10.0. The number of carbonyl (C=O) groups is 2. The molecule has 1 atom stereocenters. The predicted octanol–water partition coefficient (Wildman–Crippen LogP) is 1.35. The van der Waals surface area contributed by atoms with Gasteiger partial charge in [0.1, 0.15) is 6.61 Å². The second-order valence-corrected chi connectivity index (χ2v) is 5.38. The summed E-state index contributed by atoms with van der Waals surface area (Å²) in [6.45, 7) is 2.80. The molecular weight excluding hydrogens is 270 g/mol. The summed E-state index contributed by atoms with van der Waals surface area (Å²) in [6.07, 6.45) is 1.85. The number of nitrogens with one attached hydrogen (secondary N) is 3. The van der Waals surface area contributed by atoms with Crippen LogP contribution in [0.1, 0.15) is 19.8 Å². The minimum absolute atomic E-state index is 0.0164. The fraction of sp³-hybridized carbons (Fsp3) is 0.467. The van der Waals surface area contributed by atoms with Crippen molar-refractivity contribution in [3.63, 3.8) is 0 Å². The minimum atomic E-state index is -0.495. The summed E-state index contributed by atoms with van der Waals surface area (Å²) in [7, 11) is 1.47. The van der Waals surface area contributed by atoms with Gasteiger partial charge in [0, 0.05) is 18.5 Å². The van der Waals surface area contributed by atoms with Crippen LogP contribution < -0.4 is 16.0 Å². The first kappa shape index (κ1) is 15.5. The highest BCUT2D eigenvalue weighted by atomic mass is 16.5. The Bertz CT molecular complexity index is 507. The van der Waals surface area contributed by atoms with E-state index in [0.717, 1.165) is 19.4 Å². The highest BCUT2D eigenvalue weighted by molar-refractivity contribution is 5.98. The lowest BCUT2D eigenvalue weighted by atomic mass is 9.99. The maximum Gasteiger partial charge on any atom is 0.250 e. The first-order valence-corrected chi connectivity index (χ1v) is 6.99. The lowest BCUT2D eigenvalue weighted by Gasteiger charge is -2.23. The first-order valence-electron chi connectivity index (χ1n) is 6.99. The molecule has 1 saturated heterocycles. The van der Waals surface area contributed by atoms with Crippen LogP contribution >= 0.6 is 0 Å². The molecule has 0 aromatic heterocycles. The third kappa shape index (κ3) is 4.03. The largest absolute Gasteiger partial charge is 0.375 e. The molecule has 1 aliphatic rings. The van der Waals surface area contributed by atoms with Gasteiger partial charge in [0.25, 0.3) is 0 Å². The second-order valence-electron chi connectivity index (χ2n) is 5.38. The monoisotopic (exact) mass is 291 g/mol. The third-order valence-electron chi connectivity index (χ3n) is 3.57. The summed E-state index contributed by atoms with van der Waals surface area (Å²) in [6, 6.07) is 7.01. The Morgan fingerprint density at radius 1 is 1.24 bits per heavy atom. The van der Waals surface area contributed by atoms with Crippen molar-refractivity contribution in [3.05, 3.63) is 24.3 Å². The van der Waals surface area contributed by atoms with E-state index >= 15 is 0 Å².